The van der Waals surface area contributed by atoms with E-state index in [2.05, 4.69) is 16.0 Å². The third-order valence-electron chi connectivity index (χ3n) is 7.92. The number of fused-ring (bicyclic) bond motifs is 1. The summed E-state index contributed by atoms with van der Waals surface area (Å²) in [4.78, 5) is 56.9. The molecule has 47 heavy (non-hydrogen) atoms. The third-order valence-corrected chi connectivity index (χ3v) is 8.93. The minimum Gasteiger partial charge on any atom is -0.483 e. The van der Waals surface area contributed by atoms with Gasteiger partial charge >= 0.3 is 0 Å². The van der Waals surface area contributed by atoms with Gasteiger partial charge in [0.25, 0.3) is 11.8 Å². The number of carbonyl (C=O) groups excluding carboxylic acids is 4. The van der Waals surface area contributed by atoms with Gasteiger partial charge in [-0.15, -0.1) is 11.8 Å². The molecule has 2 aliphatic heterocycles. The standard InChI is InChI=1S/C35H47N5O6S/c1-22(2)30(37-29(41)19-46-28-14-10-13-24-18-39(6)16-15-25(24)28)33(44)36-26(17-23-11-8-7-9-12-23)31(42)34(45)40-21-47-20-27(40)32(43)38-35(3,4)5/h7-16,22,26-27,30-31,42H,17-21H2,1-6H3,(H,36,44)(H,37,41)(H,38,43)/t26-,27-,30-,31-/m0/s1. The molecule has 11 nitrogen and oxygen atoms in total. The summed E-state index contributed by atoms with van der Waals surface area (Å²) >= 11 is 1.43. The molecule has 0 aromatic heterocycles. The SMILES string of the molecule is CC(C)[C@H](NC(=O)COc1cccc2c1C=CN(C)C2)C(=O)N[C@@H](Cc1ccccc1)[C@H](O)C(=O)N1CSC[C@H]1C(=O)NC(C)(C)C. The van der Waals surface area contributed by atoms with E-state index in [-0.39, 0.29) is 30.7 Å². The summed E-state index contributed by atoms with van der Waals surface area (Å²) < 4.78 is 5.87. The number of rotatable bonds is 12. The normalized spacial score (nSPS) is 17.8. The molecule has 2 heterocycles. The second-order valence-corrected chi connectivity index (χ2v) is 14.5. The maximum Gasteiger partial charge on any atom is 0.258 e. The van der Waals surface area contributed by atoms with E-state index >= 15 is 0 Å². The van der Waals surface area contributed by atoms with Crippen LogP contribution in [0.3, 0.4) is 0 Å². The van der Waals surface area contributed by atoms with E-state index in [1.54, 1.807) is 19.9 Å². The monoisotopic (exact) mass is 665 g/mol. The van der Waals surface area contributed by atoms with Crippen molar-refractivity contribution < 1.29 is 29.0 Å². The maximum atomic E-state index is 13.7. The Balaban J connectivity index is 1.46. The highest BCUT2D eigenvalue weighted by Gasteiger charge is 2.41. The molecule has 0 unspecified atom stereocenters. The minimum atomic E-state index is -1.63. The minimum absolute atomic E-state index is 0.156. The quantitative estimate of drug-likeness (QED) is 0.271. The largest absolute Gasteiger partial charge is 0.483 e. The highest BCUT2D eigenvalue weighted by Crippen LogP contribution is 2.28. The highest BCUT2D eigenvalue weighted by atomic mass is 32.2. The van der Waals surface area contributed by atoms with Crippen molar-refractivity contribution in [3.63, 3.8) is 0 Å². The third kappa shape index (κ3) is 9.74. The summed E-state index contributed by atoms with van der Waals surface area (Å²) in [7, 11) is 1.98. The lowest BCUT2D eigenvalue weighted by Gasteiger charge is -2.32. The van der Waals surface area contributed by atoms with E-state index in [4.69, 9.17) is 4.74 Å². The Kier molecular flexibility index (Phi) is 12.0. The van der Waals surface area contributed by atoms with Crippen LogP contribution >= 0.6 is 11.8 Å². The summed E-state index contributed by atoms with van der Waals surface area (Å²) in [5.74, 6) is -1.05. The smallest absolute Gasteiger partial charge is 0.258 e. The Morgan fingerprint density at radius 2 is 1.77 bits per heavy atom. The van der Waals surface area contributed by atoms with Crippen LogP contribution in [-0.2, 0) is 32.1 Å². The van der Waals surface area contributed by atoms with Crippen LogP contribution in [0.25, 0.3) is 6.08 Å². The molecule has 0 aliphatic carbocycles. The molecule has 2 aromatic carbocycles. The number of thioether (sulfide) groups is 1. The van der Waals surface area contributed by atoms with E-state index < -0.39 is 47.5 Å². The van der Waals surface area contributed by atoms with Crippen LogP contribution in [0.15, 0.2) is 54.7 Å². The van der Waals surface area contributed by atoms with Gasteiger partial charge in [-0.2, -0.15) is 0 Å². The zero-order valence-corrected chi connectivity index (χ0v) is 28.8. The van der Waals surface area contributed by atoms with E-state index in [1.165, 1.54) is 16.7 Å². The van der Waals surface area contributed by atoms with Crippen LogP contribution < -0.4 is 20.7 Å². The van der Waals surface area contributed by atoms with Crippen molar-refractivity contribution in [3.8, 4) is 5.75 Å². The lowest BCUT2D eigenvalue weighted by Crippen LogP contribution is -2.60. The van der Waals surface area contributed by atoms with Gasteiger partial charge in [0.2, 0.25) is 11.8 Å². The van der Waals surface area contributed by atoms with Crippen LogP contribution in [0, 0.1) is 5.92 Å². The summed E-state index contributed by atoms with van der Waals surface area (Å²) in [6.07, 6.45) is 2.41. The summed E-state index contributed by atoms with van der Waals surface area (Å²) in [5.41, 5.74) is 2.30. The predicted molar refractivity (Wildman–Crippen MR) is 183 cm³/mol. The van der Waals surface area contributed by atoms with Crippen molar-refractivity contribution in [2.75, 3.05) is 25.3 Å². The molecule has 4 rings (SSSR count). The van der Waals surface area contributed by atoms with Crippen LogP contribution in [-0.4, -0.2) is 93.6 Å². The molecule has 12 heteroatoms. The lowest BCUT2D eigenvalue weighted by atomic mass is 9.97. The molecule has 4 atom stereocenters. The van der Waals surface area contributed by atoms with E-state index in [1.807, 2.05) is 87.5 Å². The van der Waals surface area contributed by atoms with Gasteiger partial charge in [-0.25, -0.2) is 0 Å². The fourth-order valence-electron chi connectivity index (χ4n) is 5.51. The zero-order chi connectivity index (χ0) is 34.3. The highest BCUT2D eigenvalue weighted by molar-refractivity contribution is 7.99. The molecule has 4 amide bonds. The number of nitrogens with zero attached hydrogens (tertiary/aromatic N) is 2. The van der Waals surface area contributed by atoms with Gasteiger partial charge in [-0.1, -0.05) is 56.3 Å². The van der Waals surface area contributed by atoms with Gasteiger partial charge in [0.15, 0.2) is 12.7 Å². The van der Waals surface area contributed by atoms with Crippen molar-refractivity contribution in [1.29, 1.82) is 0 Å². The van der Waals surface area contributed by atoms with Gasteiger partial charge in [0.1, 0.15) is 17.8 Å². The van der Waals surface area contributed by atoms with Gasteiger partial charge in [-0.3, -0.25) is 19.2 Å². The number of carbonyl (C=O) groups is 4. The molecule has 4 N–H and O–H groups in total. The Morgan fingerprint density at radius 3 is 2.45 bits per heavy atom. The summed E-state index contributed by atoms with van der Waals surface area (Å²) in [6, 6.07) is 12.2. The first-order chi connectivity index (χ1) is 22.2. The molecule has 2 aromatic rings. The molecule has 0 bridgehead atoms. The number of aliphatic hydroxyl groups excluding tert-OH is 1. The Hall–Kier alpha value is -4.03. The number of benzene rings is 2. The first kappa shape index (κ1) is 35.8. The number of ether oxygens (including phenoxy) is 1. The maximum absolute atomic E-state index is 13.7. The molecule has 254 valence electrons. The van der Waals surface area contributed by atoms with Crippen molar-refractivity contribution in [1.82, 2.24) is 25.8 Å². The molecular weight excluding hydrogens is 618 g/mol. The Bertz CT molecular complexity index is 1460. The van der Waals surface area contributed by atoms with E-state index in [9.17, 15) is 24.3 Å². The first-order valence-corrected chi connectivity index (χ1v) is 17.0. The zero-order valence-electron chi connectivity index (χ0n) is 28.0. The van der Waals surface area contributed by atoms with Crippen LogP contribution in [0.2, 0.25) is 0 Å². The van der Waals surface area contributed by atoms with Crippen LogP contribution in [0.4, 0.5) is 0 Å². The number of aliphatic hydroxyl groups is 1. The Labute approximate surface area is 281 Å². The van der Waals surface area contributed by atoms with Gasteiger partial charge in [-0.05, 0) is 62.6 Å². The Morgan fingerprint density at radius 1 is 1.04 bits per heavy atom. The molecule has 2 aliphatic rings. The van der Waals surface area contributed by atoms with Gasteiger partial charge < -0.3 is 35.6 Å². The van der Waals surface area contributed by atoms with Crippen LogP contribution in [0.1, 0.15) is 51.3 Å². The molecule has 0 spiro atoms. The average Bonchev–Trinajstić information content (AvgIpc) is 3.51. The number of hydrogen-bond acceptors (Lipinski definition) is 8. The lowest BCUT2D eigenvalue weighted by molar-refractivity contribution is -0.147. The topological polar surface area (TPSA) is 140 Å². The van der Waals surface area contributed by atoms with Gasteiger partial charge in [0.05, 0.1) is 11.9 Å². The van der Waals surface area contributed by atoms with Gasteiger partial charge in [0, 0.05) is 30.4 Å². The second-order valence-electron chi connectivity index (χ2n) is 13.5. The van der Waals surface area contributed by atoms with Crippen molar-refractivity contribution in [2.24, 2.45) is 5.92 Å². The van der Waals surface area contributed by atoms with Crippen molar-refractivity contribution in [3.05, 3.63) is 71.4 Å². The number of hydrogen-bond donors (Lipinski definition) is 4. The molecule has 1 saturated heterocycles. The van der Waals surface area contributed by atoms with Crippen molar-refractivity contribution in [2.45, 2.75) is 77.4 Å². The number of amides is 4. The first-order valence-electron chi connectivity index (χ1n) is 15.9. The fourth-order valence-corrected chi connectivity index (χ4v) is 6.68. The van der Waals surface area contributed by atoms with E-state index in [0.29, 0.717) is 11.5 Å². The summed E-state index contributed by atoms with van der Waals surface area (Å²) in [5, 5.41) is 20.0. The summed E-state index contributed by atoms with van der Waals surface area (Å²) in [6.45, 7) is 9.61. The molecule has 0 saturated carbocycles. The molecule has 0 radical (unpaired) electrons. The number of nitrogens with one attached hydrogen (secondary N) is 3. The molecular formula is C35H47N5O6S. The fraction of sp³-hybridized carbons (Fsp3) is 0.486. The second kappa shape index (κ2) is 15.7. The molecule has 1 fully saturated rings. The van der Waals surface area contributed by atoms with Crippen LogP contribution in [0.5, 0.6) is 5.75 Å². The average molecular weight is 666 g/mol. The van der Waals surface area contributed by atoms with Crippen molar-refractivity contribution >= 4 is 41.5 Å². The predicted octanol–water partition coefficient (Wildman–Crippen LogP) is 2.53. The van der Waals surface area contributed by atoms with E-state index in [0.717, 1.165) is 23.2 Å².